The van der Waals surface area contributed by atoms with Gasteiger partial charge < -0.3 is 10.5 Å². The zero-order chi connectivity index (χ0) is 15.5. The van der Waals surface area contributed by atoms with Crippen LogP contribution in [0.25, 0.3) is 11.3 Å². The molecule has 1 aromatic carbocycles. The van der Waals surface area contributed by atoms with Crippen molar-refractivity contribution in [1.29, 1.82) is 0 Å². The maximum atomic E-state index is 13.0. The van der Waals surface area contributed by atoms with Gasteiger partial charge in [-0.1, -0.05) is 18.2 Å². The average Bonchev–Trinajstić information content (AvgIpc) is 2.43. The maximum absolute atomic E-state index is 13.0. The molecule has 0 saturated heterocycles. The molecule has 0 aliphatic heterocycles. The smallest absolute Gasteiger partial charge is 0.384 e. The third-order valence-corrected chi connectivity index (χ3v) is 2.74. The minimum Gasteiger partial charge on any atom is -0.384 e. The number of nitrogens with zero attached hydrogens (tertiary/aromatic N) is 2. The highest BCUT2D eigenvalue weighted by Crippen LogP contribution is 2.36. The molecule has 0 bridgehead atoms. The van der Waals surface area contributed by atoms with Gasteiger partial charge in [0.05, 0.1) is 11.3 Å². The van der Waals surface area contributed by atoms with Crippen molar-refractivity contribution in [3.8, 4) is 11.3 Å². The highest BCUT2D eigenvalue weighted by molar-refractivity contribution is 5.66. The van der Waals surface area contributed by atoms with Crippen molar-refractivity contribution in [3.63, 3.8) is 0 Å². The van der Waals surface area contributed by atoms with Crippen molar-refractivity contribution in [1.82, 2.24) is 9.97 Å². The summed E-state index contributed by atoms with van der Waals surface area (Å²) in [7, 11) is 0. The van der Waals surface area contributed by atoms with Crippen LogP contribution in [0.2, 0.25) is 0 Å². The summed E-state index contributed by atoms with van der Waals surface area (Å²) in [6.07, 6.45) is -4.46. The third-order valence-electron chi connectivity index (χ3n) is 2.74. The molecular weight excluding hydrogens is 283 g/mol. The van der Waals surface area contributed by atoms with Crippen LogP contribution < -0.4 is 5.73 Å². The van der Waals surface area contributed by atoms with E-state index in [4.69, 9.17) is 10.5 Å². The summed E-state index contributed by atoms with van der Waals surface area (Å²) < 4.78 is 44.3. The Morgan fingerprint density at radius 3 is 2.57 bits per heavy atom. The molecule has 1 heterocycles. The largest absolute Gasteiger partial charge is 0.417 e. The molecule has 2 aromatic rings. The first-order chi connectivity index (χ1) is 9.91. The number of nitrogens with two attached hydrogens (primary N) is 1. The van der Waals surface area contributed by atoms with Gasteiger partial charge in [0, 0.05) is 18.2 Å². The Labute approximate surface area is 119 Å². The van der Waals surface area contributed by atoms with E-state index >= 15 is 0 Å². The summed E-state index contributed by atoms with van der Waals surface area (Å²) in [6.45, 7) is 2.35. The van der Waals surface area contributed by atoms with Crippen LogP contribution in [0, 0.1) is 0 Å². The quantitative estimate of drug-likeness (QED) is 0.940. The molecule has 0 fully saturated rings. The van der Waals surface area contributed by atoms with Gasteiger partial charge in [-0.05, 0) is 13.0 Å². The van der Waals surface area contributed by atoms with Crippen LogP contribution in [-0.4, -0.2) is 16.6 Å². The van der Waals surface area contributed by atoms with E-state index in [9.17, 15) is 13.2 Å². The number of aromatic nitrogens is 2. The number of alkyl halides is 3. The SMILES string of the molecule is CCOCc1nc(N)cc(-c2ccccc2C(F)(F)F)n1. The number of ether oxygens (including phenoxy) is 1. The minimum absolute atomic E-state index is 0.0307. The Morgan fingerprint density at radius 1 is 1.19 bits per heavy atom. The number of halogens is 3. The van der Waals surface area contributed by atoms with E-state index < -0.39 is 11.7 Å². The molecule has 4 nitrogen and oxygen atoms in total. The first kappa shape index (κ1) is 15.2. The Bertz CT molecular complexity index is 629. The van der Waals surface area contributed by atoms with Crippen molar-refractivity contribution in [2.45, 2.75) is 19.7 Å². The highest BCUT2D eigenvalue weighted by Gasteiger charge is 2.33. The van der Waals surface area contributed by atoms with Crippen molar-refractivity contribution in [2.75, 3.05) is 12.3 Å². The molecule has 0 radical (unpaired) electrons. The molecule has 7 heteroatoms. The molecule has 21 heavy (non-hydrogen) atoms. The molecule has 0 saturated carbocycles. The molecule has 0 amide bonds. The molecule has 2 rings (SSSR count). The van der Waals surface area contributed by atoms with E-state index in [1.807, 2.05) is 0 Å². The molecule has 0 spiro atoms. The van der Waals surface area contributed by atoms with Gasteiger partial charge >= 0.3 is 6.18 Å². The molecule has 0 aliphatic carbocycles. The number of hydrogen-bond acceptors (Lipinski definition) is 4. The lowest BCUT2D eigenvalue weighted by molar-refractivity contribution is -0.137. The fraction of sp³-hybridized carbons (Fsp3) is 0.286. The second-order valence-electron chi connectivity index (χ2n) is 4.27. The van der Waals surface area contributed by atoms with Gasteiger partial charge in [0.15, 0.2) is 5.82 Å². The van der Waals surface area contributed by atoms with Gasteiger partial charge in [0.25, 0.3) is 0 Å². The molecule has 112 valence electrons. The monoisotopic (exact) mass is 297 g/mol. The summed E-state index contributed by atoms with van der Waals surface area (Å²) in [5.74, 6) is 0.357. The van der Waals surface area contributed by atoms with Crippen LogP contribution in [-0.2, 0) is 17.5 Å². The first-order valence-electron chi connectivity index (χ1n) is 6.29. The van der Waals surface area contributed by atoms with Crippen LogP contribution in [0.3, 0.4) is 0 Å². The van der Waals surface area contributed by atoms with Gasteiger partial charge in [0.1, 0.15) is 12.4 Å². The Morgan fingerprint density at radius 2 is 1.90 bits per heavy atom. The van der Waals surface area contributed by atoms with Crippen molar-refractivity contribution in [2.24, 2.45) is 0 Å². The van der Waals surface area contributed by atoms with Crippen LogP contribution in [0.1, 0.15) is 18.3 Å². The Balaban J connectivity index is 2.49. The van der Waals surface area contributed by atoms with Gasteiger partial charge in [-0.25, -0.2) is 9.97 Å². The summed E-state index contributed by atoms with van der Waals surface area (Å²) in [5.41, 5.74) is 4.98. The lowest BCUT2D eigenvalue weighted by Crippen LogP contribution is -2.09. The van der Waals surface area contributed by atoms with Crippen molar-refractivity contribution < 1.29 is 17.9 Å². The Hall–Kier alpha value is -2.15. The number of benzene rings is 1. The van der Waals surface area contributed by atoms with E-state index in [-0.39, 0.29) is 29.5 Å². The fourth-order valence-electron chi connectivity index (χ4n) is 1.87. The van der Waals surface area contributed by atoms with Crippen molar-refractivity contribution >= 4 is 5.82 Å². The van der Waals surface area contributed by atoms with Crippen LogP contribution in [0.15, 0.2) is 30.3 Å². The normalized spacial score (nSPS) is 11.6. The van der Waals surface area contributed by atoms with E-state index in [1.165, 1.54) is 24.3 Å². The number of anilines is 1. The number of hydrogen-bond donors (Lipinski definition) is 1. The van der Waals surface area contributed by atoms with E-state index in [2.05, 4.69) is 9.97 Å². The summed E-state index contributed by atoms with van der Waals surface area (Å²) in [5, 5.41) is 0. The number of nitrogen functional groups attached to an aromatic ring is 1. The first-order valence-corrected chi connectivity index (χ1v) is 6.29. The zero-order valence-electron chi connectivity index (χ0n) is 11.3. The second-order valence-corrected chi connectivity index (χ2v) is 4.27. The summed E-state index contributed by atoms with van der Waals surface area (Å²) >= 11 is 0. The average molecular weight is 297 g/mol. The molecule has 0 atom stereocenters. The van der Waals surface area contributed by atoms with Crippen LogP contribution in [0.5, 0.6) is 0 Å². The van der Waals surface area contributed by atoms with Gasteiger partial charge in [-0.3, -0.25) is 0 Å². The van der Waals surface area contributed by atoms with Gasteiger partial charge in [-0.2, -0.15) is 13.2 Å². The fourth-order valence-corrected chi connectivity index (χ4v) is 1.87. The highest BCUT2D eigenvalue weighted by atomic mass is 19.4. The molecule has 0 aliphatic rings. The molecular formula is C14H14F3N3O. The lowest BCUT2D eigenvalue weighted by atomic mass is 10.0. The topological polar surface area (TPSA) is 61.0 Å². The second kappa shape index (κ2) is 6.09. The van der Waals surface area contributed by atoms with E-state index in [0.717, 1.165) is 6.07 Å². The van der Waals surface area contributed by atoms with Crippen LogP contribution >= 0.6 is 0 Å². The Kier molecular flexibility index (Phi) is 4.42. The minimum atomic E-state index is -4.46. The van der Waals surface area contributed by atoms with E-state index in [0.29, 0.717) is 6.61 Å². The summed E-state index contributed by atoms with van der Waals surface area (Å²) in [4.78, 5) is 8.05. The predicted octanol–water partition coefficient (Wildman–Crippen LogP) is 3.28. The van der Waals surface area contributed by atoms with Crippen molar-refractivity contribution in [3.05, 3.63) is 41.7 Å². The molecule has 1 aromatic heterocycles. The van der Waals surface area contributed by atoms with E-state index in [1.54, 1.807) is 6.92 Å². The molecule has 2 N–H and O–H groups in total. The maximum Gasteiger partial charge on any atom is 0.417 e. The molecule has 0 unspecified atom stereocenters. The lowest BCUT2D eigenvalue weighted by Gasteiger charge is -2.13. The number of rotatable bonds is 4. The van der Waals surface area contributed by atoms with Gasteiger partial charge in [-0.15, -0.1) is 0 Å². The van der Waals surface area contributed by atoms with Crippen LogP contribution in [0.4, 0.5) is 19.0 Å². The third kappa shape index (κ3) is 3.69. The van der Waals surface area contributed by atoms with Gasteiger partial charge in [0.2, 0.25) is 0 Å². The predicted molar refractivity (Wildman–Crippen MR) is 72.2 cm³/mol. The standard InChI is InChI=1S/C14H14F3N3O/c1-2-21-8-13-19-11(7-12(18)20-13)9-5-3-4-6-10(9)14(15,16)17/h3-7H,2,8H2,1H3,(H2,18,19,20). The summed E-state index contributed by atoms with van der Waals surface area (Å²) in [6, 6.07) is 6.54. The zero-order valence-corrected chi connectivity index (χ0v) is 11.3.